The van der Waals surface area contributed by atoms with Gasteiger partial charge in [0.2, 0.25) is 0 Å². The summed E-state index contributed by atoms with van der Waals surface area (Å²) in [6.07, 6.45) is 3.02. The second kappa shape index (κ2) is 5.40. The molecule has 0 bridgehead atoms. The summed E-state index contributed by atoms with van der Waals surface area (Å²) in [6.45, 7) is 8.34. The Morgan fingerprint density at radius 2 is 1.96 bits per heavy atom. The minimum Gasteiger partial charge on any atom is -0.508 e. The van der Waals surface area contributed by atoms with Crippen molar-refractivity contribution in [2.45, 2.75) is 64.7 Å². The standard InChI is InChI=1S/C20H26O3/c1-11(2)14-10-17(22)18-13(19(14)23-5)6-7-15-12(3)16(21)8-9-20(15,18)4/h10-11,22H,6-9H2,1-5H3. The summed E-state index contributed by atoms with van der Waals surface area (Å²) in [6, 6.07) is 1.86. The topological polar surface area (TPSA) is 46.5 Å². The highest BCUT2D eigenvalue weighted by Crippen LogP contribution is 2.54. The van der Waals surface area contributed by atoms with E-state index < -0.39 is 0 Å². The zero-order valence-electron chi connectivity index (χ0n) is 14.7. The summed E-state index contributed by atoms with van der Waals surface area (Å²) in [5.74, 6) is 1.82. The van der Waals surface area contributed by atoms with E-state index in [1.54, 1.807) is 7.11 Å². The molecule has 3 rings (SSSR count). The first-order valence-electron chi connectivity index (χ1n) is 8.48. The molecule has 0 spiro atoms. The molecule has 1 atom stereocenters. The Bertz CT molecular complexity index is 712. The first-order valence-corrected chi connectivity index (χ1v) is 8.48. The van der Waals surface area contributed by atoms with Crippen molar-refractivity contribution in [2.75, 3.05) is 7.11 Å². The van der Waals surface area contributed by atoms with Crippen LogP contribution in [0.15, 0.2) is 17.2 Å². The third-order valence-corrected chi connectivity index (χ3v) is 5.78. The lowest BCUT2D eigenvalue weighted by molar-refractivity contribution is -0.116. The first kappa shape index (κ1) is 16.1. The van der Waals surface area contributed by atoms with E-state index in [9.17, 15) is 9.90 Å². The molecular weight excluding hydrogens is 288 g/mol. The Labute approximate surface area is 138 Å². The summed E-state index contributed by atoms with van der Waals surface area (Å²) >= 11 is 0. The molecule has 1 unspecified atom stereocenters. The second-order valence-electron chi connectivity index (χ2n) is 7.39. The number of phenolic OH excluding ortho intramolecular Hbond substituents is 1. The van der Waals surface area contributed by atoms with Crippen molar-refractivity contribution in [3.8, 4) is 11.5 Å². The number of ketones is 1. The molecule has 1 aromatic rings. The van der Waals surface area contributed by atoms with Crippen LogP contribution in [-0.4, -0.2) is 18.0 Å². The first-order chi connectivity index (χ1) is 10.8. The number of methoxy groups -OCH3 is 1. The number of carbonyl (C=O) groups is 1. The molecule has 23 heavy (non-hydrogen) atoms. The molecule has 3 heteroatoms. The maximum atomic E-state index is 12.1. The van der Waals surface area contributed by atoms with Crippen LogP contribution in [0.4, 0.5) is 0 Å². The van der Waals surface area contributed by atoms with Gasteiger partial charge in [0, 0.05) is 28.5 Å². The average Bonchev–Trinajstić information content (AvgIpc) is 2.50. The minimum atomic E-state index is -0.252. The van der Waals surface area contributed by atoms with Crippen LogP contribution < -0.4 is 4.74 Å². The van der Waals surface area contributed by atoms with Crippen molar-refractivity contribution >= 4 is 5.78 Å². The normalized spacial score (nSPS) is 23.8. The second-order valence-corrected chi connectivity index (χ2v) is 7.39. The van der Waals surface area contributed by atoms with Crippen LogP contribution in [0.1, 0.15) is 69.6 Å². The predicted molar refractivity (Wildman–Crippen MR) is 91.4 cm³/mol. The van der Waals surface area contributed by atoms with Gasteiger partial charge in [-0.05, 0) is 43.7 Å². The number of rotatable bonds is 2. The van der Waals surface area contributed by atoms with E-state index in [0.29, 0.717) is 18.1 Å². The molecule has 0 saturated heterocycles. The van der Waals surface area contributed by atoms with Crippen LogP contribution in [0.3, 0.4) is 0 Å². The molecule has 0 aromatic heterocycles. The molecular formula is C20H26O3. The van der Waals surface area contributed by atoms with Crippen molar-refractivity contribution in [1.82, 2.24) is 0 Å². The Morgan fingerprint density at radius 1 is 1.26 bits per heavy atom. The smallest absolute Gasteiger partial charge is 0.158 e. The fraction of sp³-hybridized carbons (Fsp3) is 0.550. The lowest BCUT2D eigenvalue weighted by Gasteiger charge is -2.43. The number of hydrogen-bond acceptors (Lipinski definition) is 3. The van der Waals surface area contributed by atoms with Gasteiger partial charge in [-0.2, -0.15) is 0 Å². The van der Waals surface area contributed by atoms with Crippen molar-refractivity contribution in [1.29, 1.82) is 0 Å². The third-order valence-electron chi connectivity index (χ3n) is 5.78. The van der Waals surface area contributed by atoms with E-state index in [0.717, 1.165) is 47.3 Å². The molecule has 0 radical (unpaired) electrons. The average molecular weight is 314 g/mol. The molecule has 0 aliphatic heterocycles. The van der Waals surface area contributed by atoms with Crippen molar-refractivity contribution in [2.24, 2.45) is 0 Å². The monoisotopic (exact) mass is 314 g/mol. The van der Waals surface area contributed by atoms with Gasteiger partial charge in [-0.3, -0.25) is 4.79 Å². The molecule has 3 nitrogen and oxygen atoms in total. The predicted octanol–water partition coefficient (Wildman–Crippen LogP) is 4.41. The Kier molecular flexibility index (Phi) is 3.78. The molecule has 0 saturated carbocycles. The molecule has 0 fully saturated rings. The number of allylic oxidation sites excluding steroid dienone is 2. The Morgan fingerprint density at radius 3 is 2.57 bits per heavy atom. The van der Waals surface area contributed by atoms with E-state index in [1.807, 2.05) is 13.0 Å². The van der Waals surface area contributed by atoms with Crippen LogP contribution >= 0.6 is 0 Å². The Hall–Kier alpha value is -1.77. The number of carbonyl (C=O) groups excluding carboxylic acids is 1. The SMILES string of the molecule is COc1c(C(C)C)cc(O)c2c1CCC1=C(C)C(=O)CCC12C. The number of Topliss-reactive ketones (excluding diaryl/α,β-unsaturated/α-hetero) is 1. The molecule has 1 aromatic carbocycles. The molecule has 2 aliphatic carbocycles. The highest BCUT2D eigenvalue weighted by atomic mass is 16.5. The van der Waals surface area contributed by atoms with Crippen LogP contribution in [0.25, 0.3) is 0 Å². The lowest BCUT2D eigenvalue weighted by atomic mass is 9.60. The fourth-order valence-electron chi connectivity index (χ4n) is 4.52. The summed E-state index contributed by atoms with van der Waals surface area (Å²) in [4.78, 5) is 12.1. The van der Waals surface area contributed by atoms with Gasteiger partial charge in [-0.15, -0.1) is 0 Å². The molecule has 2 aliphatic rings. The van der Waals surface area contributed by atoms with Crippen LogP contribution in [0.5, 0.6) is 11.5 Å². The minimum absolute atomic E-state index is 0.252. The maximum Gasteiger partial charge on any atom is 0.158 e. The van der Waals surface area contributed by atoms with Crippen molar-refractivity contribution in [3.05, 3.63) is 33.9 Å². The zero-order valence-corrected chi connectivity index (χ0v) is 14.7. The van der Waals surface area contributed by atoms with Gasteiger partial charge in [-0.25, -0.2) is 0 Å². The van der Waals surface area contributed by atoms with Crippen LogP contribution in [0.2, 0.25) is 0 Å². The summed E-state index contributed by atoms with van der Waals surface area (Å²) in [5, 5.41) is 10.8. The number of aromatic hydroxyl groups is 1. The van der Waals surface area contributed by atoms with Gasteiger partial charge < -0.3 is 9.84 Å². The van der Waals surface area contributed by atoms with E-state index >= 15 is 0 Å². The van der Waals surface area contributed by atoms with E-state index in [-0.39, 0.29) is 11.2 Å². The quantitative estimate of drug-likeness (QED) is 0.879. The third kappa shape index (κ3) is 2.20. The van der Waals surface area contributed by atoms with Crippen molar-refractivity contribution in [3.63, 3.8) is 0 Å². The summed E-state index contributed by atoms with van der Waals surface area (Å²) in [7, 11) is 1.71. The number of ether oxygens (including phenoxy) is 1. The highest BCUT2D eigenvalue weighted by molar-refractivity contribution is 5.97. The lowest BCUT2D eigenvalue weighted by Crippen LogP contribution is -2.36. The van der Waals surface area contributed by atoms with Crippen LogP contribution in [0, 0.1) is 0 Å². The van der Waals surface area contributed by atoms with Gasteiger partial charge >= 0.3 is 0 Å². The molecule has 0 heterocycles. The number of phenols is 1. The number of hydrogen-bond donors (Lipinski definition) is 1. The van der Waals surface area contributed by atoms with E-state index in [1.165, 1.54) is 5.57 Å². The highest BCUT2D eigenvalue weighted by Gasteiger charge is 2.44. The zero-order chi connectivity index (χ0) is 16.9. The molecule has 0 amide bonds. The van der Waals surface area contributed by atoms with Gasteiger partial charge in [0.1, 0.15) is 11.5 Å². The Balaban J connectivity index is 2.30. The van der Waals surface area contributed by atoms with Crippen molar-refractivity contribution < 1.29 is 14.6 Å². The van der Waals surface area contributed by atoms with Gasteiger partial charge in [0.25, 0.3) is 0 Å². The van der Waals surface area contributed by atoms with Gasteiger partial charge in [0.15, 0.2) is 5.78 Å². The molecule has 1 N–H and O–H groups in total. The number of benzene rings is 1. The fourth-order valence-corrected chi connectivity index (χ4v) is 4.52. The van der Waals surface area contributed by atoms with Gasteiger partial charge in [0.05, 0.1) is 7.11 Å². The van der Waals surface area contributed by atoms with E-state index in [2.05, 4.69) is 20.8 Å². The van der Waals surface area contributed by atoms with Crippen LogP contribution in [-0.2, 0) is 16.6 Å². The maximum absolute atomic E-state index is 12.1. The van der Waals surface area contributed by atoms with E-state index in [4.69, 9.17) is 4.74 Å². The number of fused-ring (bicyclic) bond motifs is 3. The summed E-state index contributed by atoms with van der Waals surface area (Å²) < 4.78 is 5.74. The molecule has 124 valence electrons. The largest absolute Gasteiger partial charge is 0.508 e. The summed E-state index contributed by atoms with van der Waals surface area (Å²) in [5.41, 5.74) is 5.02. The van der Waals surface area contributed by atoms with Gasteiger partial charge in [-0.1, -0.05) is 26.3 Å².